The van der Waals surface area contributed by atoms with Crippen molar-refractivity contribution in [2.75, 3.05) is 26.0 Å². The van der Waals surface area contributed by atoms with Crippen LogP contribution >= 0.6 is 11.3 Å². The molecule has 0 unspecified atom stereocenters. The first-order valence-electron chi connectivity index (χ1n) is 8.11. The second-order valence-corrected chi connectivity index (χ2v) is 9.20. The third kappa shape index (κ3) is 4.69. The Labute approximate surface area is 161 Å². The number of amides is 1. The first kappa shape index (κ1) is 19.4. The third-order valence-corrected chi connectivity index (χ3v) is 6.55. The lowest BCUT2D eigenvalue weighted by Gasteiger charge is -2.12. The summed E-state index contributed by atoms with van der Waals surface area (Å²) in [5.41, 5.74) is 1.42. The summed E-state index contributed by atoms with van der Waals surface area (Å²) in [7, 11) is -0.556. The minimum atomic E-state index is -3.49. The minimum Gasteiger partial charge on any atom is -0.364 e. The molecule has 1 N–H and O–H groups in total. The van der Waals surface area contributed by atoms with Crippen LogP contribution in [0, 0.1) is 0 Å². The van der Waals surface area contributed by atoms with Gasteiger partial charge in [-0.3, -0.25) is 4.79 Å². The summed E-state index contributed by atoms with van der Waals surface area (Å²) < 4.78 is 31.7. The summed E-state index contributed by atoms with van der Waals surface area (Å²) in [5.74, 6) is -0.320. The fraction of sp³-hybridized carbons (Fsp3) is 0.222. The smallest absolute Gasteiger partial charge is 0.250 e. The van der Waals surface area contributed by atoms with Crippen LogP contribution in [0.5, 0.6) is 0 Å². The van der Waals surface area contributed by atoms with Crippen LogP contribution in [-0.2, 0) is 26.2 Å². The van der Waals surface area contributed by atoms with Crippen LogP contribution in [0.2, 0.25) is 0 Å². The minimum absolute atomic E-state index is 0.117. The number of thiazole rings is 1. The highest BCUT2D eigenvalue weighted by Crippen LogP contribution is 2.22. The Morgan fingerprint density at radius 1 is 1.15 bits per heavy atom. The van der Waals surface area contributed by atoms with Gasteiger partial charge < -0.3 is 10.1 Å². The van der Waals surface area contributed by atoms with Gasteiger partial charge in [-0.25, -0.2) is 17.7 Å². The van der Waals surface area contributed by atoms with Crippen molar-refractivity contribution in [1.29, 1.82) is 0 Å². The molecule has 0 aliphatic heterocycles. The molecule has 3 rings (SSSR count). The summed E-state index contributed by atoms with van der Waals surface area (Å²) in [6, 6.07) is 13.8. The number of fused-ring (bicyclic) bond motifs is 1. The van der Waals surface area contributed by atoms with Gasteiger partial charge in [0.05, 0.1) is 21.7 Å². The van der Waals surface area contributed by atoms with E-state index in [1.807, 2.05) is 24.3 Å². The number of para-hydroxylation sites is 1. The molecule has 142 valence electrons. The van der Waals surface area contributed by atoms with Gasteiger partial charge >= 0.3 is 0 Å². The maximum atomic E-state index is 12.0. The lowest BCUT2D eigenvalue weighted by molar-refractivity contribution is -0.121. The molecular formula is C18H19N3O4S2. The molecule has 0 saturated carbocycles. The highest BCUT2D eigenvalue weighted by Gasteiger charge is 2.16. The van der Waals surface area contributed by atoms with Gasteiger partial charge in [-0.2, -0.15) is 0 Å². The van der Waals surface area contributed by atoms with E-state index in [0.29, 0.717) is 5.69 Å². The van der Waals surface area contributed by atoms with Crippen molar-refractivity contribution in [3.8, 4) is 0 Å². The molecule has 0 spiro atoms. The molecular weight excluding hydrogens is 386 g/mol. The van der Waals surface area contributed by atoms with Crippen LogP contribution in [0.1, 0.15) is 5.01 Å². The van der Waals surface area contributed by atoms with Crippen molar-refractivity contribution in [3.05, 3.63) is 53.5 Å². The maximum absolute atomic E-state index is 12.0. The van der Waals surface area contributed by atoms with Crippen LogP contribution in [0.15, 0.2) is 53.4 Å². The molecule has 0 saturated heterocycles. The standard InChI is InChI=1S/C18H19N3O4S2/c1-21(2)27(23,24)14-9-7-13(8-10-14)19-17(22)11-25-12-18-20-15-5-3-4-6-16(15)26-18/h3-10H,11-12H2,1-2H3,(H,19,22). The molecule has 1 aromatic heterocycles. The Bertz CT molecular complexity index is 1010. The molecule has 2 aromatic carbocycles. The molecule has 3 aromatic rings. The number of carbonyl (C=O) groups excluding carboxylic acids is 1. The average Bonchev–Trinajstić information content (AvgIpc) is 3.04. The van der Waals surface area contributed by atoms with Gasteiger partial charge in [0.2, 0.25) is 15.9 Å². The van der Waals surface area contributed by atoms with E-state index in [2.05, 4.69) is 10.3 Å². The van der Waals surface area contributed by atoms with Crippen LogP contribution < -0.4 is 5.32 Å². The Balaban J connectivity index is 1.52. The van der Waals surface area contributed by atoms with Crippen molar-refractivity contribution in [2.24, 2.45) is 0 Å². The predicted octanol–water partition coefficient (Wildman–Crippen LogP) is 2.70. The molecule has 1 amide bonds. The monoisotopic (exact) mass is 405 g/mol. The van der Waals surface area contributed by atoms with Gasteiger partial charge in [0.15, 0.2) is 0 Å². The van der Waals surface area contributed by atoms with E-state index in [-0.39, 0.29) is 24.0 Å². The second-order valence-electron chi connectivity index (χ2n) is 5.93. The molecule has 7 nitrogen and oxygen atoms in total. The molecule has 0 aliphatic carbocycles. The van der Waals surface area contributed by atoms with Gasteiger partial charge in [0, 0.05) is 19.8 Å². The van der Waals surface area contributed by atoms with E-state index in [9.17, 15) is 13.2 Å². The zero-order valence-electron chi connectivity index (χ0n) is 14.9. The zero-order valence-corrected chi connectivity index (χ0v) is 16.5. The van der Waals surface area contributed by atoms with Crippen molar-refractivity contribution in [2.45, 2.75) is 11.5 Å². The number of anilines is 1. The van der Waals surface area contributed by atoms with Crippen molar-refractivity contribution in [1.82, 2.24) is 9.29 Å². The molecule has 0 radical (unpaired) electrons. The summed E-state index contributed by atoms with van der Waals surface area (Å²) in [5, 5.41) is 3.48. The van der Waals surface area contributed by atoms with Crippen LogP contribution in [-0.4, -0.2) is 44.3 Å². The number of nitrogens with zero attached hydrogens (tertiary/aromatic N) is 2. The van der Waals surface area contributed by atoms with Crippen molar-refractivity contribution < 1.29 is 17.9 Å². The second kappa shape index (κ2) is 8.13. The molecule has 0 aliphatic rings. The largest absolute Gasteiger partial charge is 0.364 e. The fourth-order valence-electron chi connectivity index (χ4n) is 2.33. The number of benzene rings is 2. The van der Waals surface area contributed by atoms with E-state index in [1.54, 1.807) is 12.1 Å². The van der Waals surface area contributed by atoms with E-state index < -0.39 is 10.0 Å². The molecule has 0 bridgehead atoms. The van der Waals surface area contributed by atoms with Gasteiger partial charge in [-0.15, -0.1) is 11.3 Å². The number of ether oxygens (including phenoxy) is 1. The summed E-state index contributed by atoms with van der Waals surface area (Å²) in [4.78, 5) is 16.6. The van der Waals surface area contributed by atoms with E-state index in [4.69, 9.17) is 4.74 Å². The number of nitrogens with one attached hydrogen (secondary N) is 1. The Morgan fingerprint density at radius 3 is 2.52 bits per heavy atom. The molecule has 9 heteroatoms. The summed E-state index contributed by atoms with van der Waals surface area (Å²) >= 11 is 1.53. The van der Waals surface area contributed by atoms with Crippen LogP contribution in [0.3, 0.4) is 0 Å². The molecule has 27 heavy (non-hydrogen) atoms. The Hall–Kier alpha value is -2.33. The van der Waals surface area contributed by atoms with E-state index >= 15 is 0 Å². The number of rotatable bonds is 7. The van der Waals surface area contributed by atoms with Gasteiger partial charge in [-0.05, 0) is 36.4 Å². The predicted molar refractivity (Wildman–Crippen MR) is 105 cm³/mol. The number of aromatic nitrogens is 1. The highest BCUT2D eigenvalue weighted by atomic mass is 32.2. The topological polar surface area (TPSA) is 88.6 Å². The number of carbonyl (C=O) groups is 1. The first-order valence-corrected chi connectivity index (χ1v) is 10.4. The van der Waals surface area contributed by atoms with E-state index in [1.165, 1.54) is 37.6 Å². The van der Waals surface area contributed by atoms with E-state index in [0.717, 1.165) is 19.5 Å². The highest BCUT2D eigenvalue weighted by molar-refractivity contribution is 7.89. The molecule has 0 atom stereocenters. The number of hydrogen-bond donors (Lipinski definition) is 1. The summed E-state index contributed by atoms with van der Waals surface area (Å²) in [6.45, 7) is 0.139. The fourth-order valence-corrected chi connectivity index (χ4v) is 4.14. The number of sulfonamides is 1. The molecule has 1 heterocycles. The number of hydrogen-bond acceptors (Lipinski definition) is 6. The van der Waals surface area contributed by atoms with Gasteiger partial charge in [0.1, 0.15) is 11.6 Å². The Morgan fingerprint density at radius 2 is 1.85 bits per heavy atom. The lowest BCUT2D eigenvalue weighted by atomic mass is 10.3. The van der Waals surface area contributed by atoms with Gasteiger partial charge in [0.25, 0.3) is 0 Å². The van der Waals surface area contributed by atoms with Crippen molar-refractivity contribution in [3.63, 3.8) is 0 Å². The molecule has 0 fully saturated rings. The van der Waals surface area contributed by atoms with Crippen LogP contribution in [0.25, 0.3) is 10.2 Å². The lowest BCUT2D eigenvalue weighted by Crippen LogP contribution is -2.22. The SMILES string of the molecule is CN(C)S(=O)(=O)c1ccc(NC(=O)COCc2nc3ccccc3s2)cc1. The quantitative estimate of drug-likeness (QED) is 0.653. The van der Waals surface area contributed by atoms with Gasteiger partial charge in [-0.1, -0.05) is 12.1 Å². The normalized spacial score (nSPS) is 11.8. The first-order chi connectivity index (χ1) is 12.9. The maximum Gasteiger partial charge on any atom is 0.250 e. The zero-order chi connectivity index (χ0) is 19.4. The van der Waals surface area contributed by atoms with Crippen molar-refractivity contribution >= 4 is 43.2 Å². The summed E-state index contributed by atoms with van der Waals surface area (Å²) in [6.07, 6.45) is 0. The Kier molecular flexibility index (Phi) is 5.85. The average molecular weight is 406 g/mol. The van der Waals surface area contributed by atoms with Crippen LogP contribution in [0.4, 0.5) is 5.69 Å². The third-order valence-electron chi connectivity index (χ3n) is 3.71.